The molecule has 0 saturated carbocycles. The van der Waals surface area contributed by atoms with Gasteiger partial charge >= 0.3 is 0 Å². The van der Waals surface area contributed by atoms with Crippen LogP contribution in [0.5, 0.6) is 0 Å². The molecule has 57 heavy (non-hydrogen) atoms. The molecule has 10 rings (SSSR count). The zero-order valence-corrected chi connectivity index (χ0v) is 30.8. The van der Waals surface area contributed by atoms with Gasteiger partial charge in [0, 0.05) is 17.1 Å². The molecule has 0 bridgehead atoms. The summed E-state index contributed by atoms with van der Waals surface area (Å²) in [5, 5.41) is 4.13. The van der Waals surface area contributed by atoms with Gasteiger partial charge in [-0.05, 0) is 120 Å². The first-order chi connectivity index (χ1) is 31.6. The topological polar surface area (TPSA) is 3.24 Å². The second-order valence-electron chi connectivity index (χ2n) is 13.9. The first kappa shape index (κ1) is 26.3. The molecule has 0 unspecified atom stereocenters. The van der Waals surface area contributed by atoms with Crippen molar-refractivity contribution in [3.8, 4) is 55.6 Å². The van der Waals surface area contributed by atoms with E-state index in [1.54, 1.807) is 36.4 Å². The molecule has 0 spiro atoms. The Bertz CT molecular complexity index is 3400. The lowest BCUT2D eigenvalue weighted by atomic mass is 9.90. The maximum atomic E-state index is 9.71. The lowest BCUT2D eigenvalue weighted by Crippen LogP contribution is -2.09. The summed E-state index contributed by atoms with van der Waals surface area (Å²) in [7, 11) is 0. The molecule has 0 aliphatic carbocycles. The number of hydrogen-bond donors (Lipinski definition) is 0. The molecule has 0 heterocycles. The van der Waals surface area contributed by atoms with Gasteiger partial charge in [-0.1, -0.05) is 194 Å². The standard InChI is InChI=1S/C56H39N/c1-3-13-40(14-4-1)41-25-32-49(33-26-41)57(50-34-27-42(28-35-50)47-20-11-21-48(39-47)53-24-12-19-43-15-7-9-22-52(43)53)51-36-29-45(30-37-51)55-38-31-44-16-8-10-23-54(44)56(55)46-17-5-2-6-18-46/h1-39H/i25D,26D,29D,30D,32D,33D,36D,37D. The first-order valence-electron chi connectivity index (χ1n) is 22.9. The molecule has 0 saturated heterocycles. The minimum atomic E-state index is -0.399. The molecule has 10 aromatic rings. The number of nitrogens with zero attached hydrogens (tertiary/aromatic N) is 1. The summed E-state index contributed by atoms with van der Waals surface area (Å²) < 4.78 is 76.1. The molecule has 0 N–H and O–H groups in total. The minimum absolute atomic E-state index is 0.105. The van der Waals surface area contributed by atoms with Crippen LogP contribution < -0.4 is 4.90 Å². The maximum absolute atomic E-state index is 9.71. The average Bonchev–Trinajstić information content (AvgIpc) is 3.35. The van der Waals surface area contributed by atoms with E-state index < -0.39 is 24.2 Å². The van der Waals surface area contributed by atoms with Crippen LogP contribution in [0.2, 0.25) is 0 Å². The van der Waals surface area contributed by atoms with Crippen LogP contribution in [0.1, 0.15) is 11.0 Å². The summed E-state index contributed by atoms with van der Waals surface area (Å²) in [6.45, 7) is 0. The zero-order chi connectivity index (χ0) is 44.9. The van der Waals surface area contributed by atoms with Crippen molar-refractivity contribution >= 4 is 38.6 Å². The summed E-state index contributed by atoms with van der Waals surface area (Å²) in [5.74, 6) is 0. The molecule has 0 atom stereocenters. The maximum Gasteiger partial charge on any atom is 0.0645 e. The molecule has 10 aromatic carbocycles. The van der Waals surface area contributed by atoms with Gasteiger partial charge in [0.15, 0.2) is 0 Å². The highest BCUT2D eigenvalue weighted by Gasteiger charge is 2.16. The van der Waals surface area contributed by atoms with E-state index >= 15 is 0 Å². The van der Waals surface area contributed by atoms with Gasteiger partial charge in [-0.3, -0.25) is 0 Å². The van der Waals surface area contributed by atoms with Crippen molar-refractivity contribution in [1.29, 1.82) is 0 Å². The van der Waals surface area contributed by atoms with Crippen molar-refractivity contribution in [2.45, 2.75) is 0 Å². The molecule has 0 aliphatic heterocycles. The summed E-state index contributed by atoms with van der Waals surface area (Å²) in [6, 6.07) is 57.3. The lowest BCUT2D eigenvalue weighted by Gasteiger charge is -2.26. The average molecular weight is 734 g/mol. The van der Waals surface area contributed by atoms with Crippen molar-refractivity contribution in [2.24, 2.45) is 0 Å². The minimum Gasteiger partial charge on any atom is -0.311 e. The molecule has 0 aliphatic rings. The zero-order valence-electron chi connectivity index (χ0n) is 38.8. The van der Waals surface area contributed by atoms with Crippen molar-refractivity contribution in [2.75, 3.05) is 4.90 Å². The monoisotopic (exact) mass is 733 g/mol. The predicted molar refractivity (Wildman–Crippen MR) is 243 cm³/mol. The Balaban J connectivity index is 1.17. The number of rotatable bonds is 8. The van der Waals surface area contributed by atoms with E-state index in [1.165, 1.54) is 4.90 Å². The fraction of sp³-hybridized carbons (Fsp3) is 0. The highest BCUT2D eigenvalue weighted by atomic mass is 15.1. The third kappa shape index (κ3) is 6.66. The summed E-state index contributed by atoms with van der Waals surface area (Å²) in [5.41, 5.74) is 6.73. The van der Waals surface area contributed by atoms with E-state index in [1.807, 2.05) is 115 Å². The van der Waals surface area contributed by atoms with Gasteiger partial charge < -0.3 is 4.90 Å². The predicted octanol–water partition coefficient (Wildman–Crippen LogP) is 15.8. The Morgan fingerprint density at radius 3 is 1.49 bits per heavy atom. The van der Waals surface area contributed by atoms with Gasteiger partial charge in [0.05, 0.1) is 11.0 Å². The number of fused-ring (bicyclic) bond motifs is 2. The largest absolute Gasteiger partial charge is 0.311 e. The van der Waals surface area contributed by atoms with Gasteiger partial charge in [0.1, 0.15) is 0 Å². The Morgan fingerprint density at radius 1 is 0.281 bits per heavy atom. The highest BCUT2D eigenvalue weighted by molar-refractivity contribution is 6.04. The first-order valence-corrected chi connectivity index (χ1v) is 18.9. The molecule has 268 valence electrons. The van der Waals surface area contributed by atoms with E-state index in [0.717, 1.165) is 54.9 Å². The SMILES string of the molecule is [2H]c1c([2H])c(N(c2ccc(-c3cccc(-c4cccc5ccccc45)c3)cc2)c2c([2H])c([2H])c(-c3ccc4ccccc4c3-c3ccccc3)c([2H])c2[2H])c([2H])c([2H])c1-c1ccccc1. The van der Waals surface area contributed by atoms with Crippen LogP contribution in [-0.2, 0) is 0 Å². The quantitative estimate of drug-likeness (QED) is 0.150. The van der Waals surface area contributed by atoms with E-state index in [-0.39, 0.29) is 46.7 Å². The Labute approximate surface area is 345 Å². The van der Waals surface area contributed by atoms with Gasteiger partial charge in [0.2, 0.25) is 0 Å². The van der Waals surface area contributed by atoms with Crippen LogP contribution in [0, 0.1) is 0 Å². The molecule has 1 nitrogen and oxygen atoms in total. The van der Waals surface area contributed by atoms with E-state index in [9.17, 15) is 11.0 Å². The Morgan fingerprint density at radius 2 is 0.789 bits per heavy atom. The molecule has 0 radical (unpaired) electrons. The van der Waals surface area contributed by atoms with Crippen molar-refractivity contribution in [3.63, 3.8) is 0 Å². The van der Waals surface area contributed by atoms with Crippen molar-refractivity contribution < 1.29 is 11.0 Å². The number of benzene rings is 10. The summed E-state index contributed by atoms with van der Waals surface area (Å²) in [4.78, 5) is 1.36. The van der Waals surface area contributed by atoms with Crippen LogP contribution >= 0.6 is 0 Å². The van der Waals surface area contributed by atoms with Crippen LogP contribution in [0.25, 0.3) is 77.2 Å². The fourth-order valence-corrected chi connectivity index (χ4v) is 7.63. The third-order valence-corrected chi connectivity index (χ3v) is 10.4. The third-order valence-electron chi connectivity index (χ3n) is 10.4. The van der Waals surface area contributed by atoms with Gasteiger partial charge in [0.25, 0.3) is 0 Å². The van der Waals surface area contributed by atoms with Crippen LogP contribution in [-0.4, -0.2) is 0 Å². The van der Waals surface area contributed by atoms with Crippen LogP contribution in [0.4, 0.5) is 17.1 Å². The normalized spacial score (nSPS) is 13.1. The summed E-state index contributed by atoms with van der Waals surface area (Å²) >= 11 is 0. The van der Waals surface area contributed by atoms with Crippen LogP contribution in [0.15, 0.2) is 236 Å². The van der Waals surface area contributed by atoms with E-state index in [4.69, 9.17) is 0 Å². The molecule has 1 heteroatoms. The molecule has 0 aromatic heterocycles. The molecular weight excluding hydrogens is 687 g/mol. The number of anilines is 3. The van der Waals surface area contributed by atoms with Gasteiger partial charge in [-0.15, -0.1) is 0 Å². The smallest absolute Gasteiger partial charge is 0.0645 e. The molecule has 0 fully saturated rings. The highest BCUT2D eigenvalue weighted by Crippen LogP contribution is 2.41. The number of hydrogen-bond acceptors (Lipinski definition) is 1. The second-order valence-corrected chi connectivity index (χ2v) is 13.9. The van der Waals surface area contributed by atoms with Crippen LogP contribution in [0.3, 0.4) is 0 Å². The van der Waals surface area contributed by atoms with Crippen molar-refractivity contribution in [1.82, 2.24) is 0 Å². The molecular formula is C56H39N. The Hall–Kier alpha value is -7.48. The molecule has 0 amide bonds. The summed E-state index contributed by atoms with van der Waals surface area (Å²) in [6.07, 6.45) is 0. The Kier molecular flexibility index (Phi) is 6.92. The van der Waals surface area contributed by atoms with Gasteiger partial charge in [-0.2, -0.15) is 0 Å². The van der Waals surface area contributed by atoms with Crippen molar-refractivity contribution in [3.05, 3.63) is 236 Å². The fourth-order valence-electron chi connectivity index (χ4n) is 7.63. The van der Waals surface area contributed by atoms with Gasteiger partial charge in [-0.25, -0.2) is 0 Å². The second kappa shape index (κ2) is 15.0. The van der Waals surface area contributed by atoms with E-state index in [0.29, 0.717) is 16.8 Å². The van der Waals surface area contributed by atoms with E-state index in [2.05, 4.69) is 36.4 Å². The lowest BCUT2D eigenvalue weighted by molar-refractivity contribution is 1.28.